The number of nitrogens with zero attached hydrogens (tertiary/aromatic N) is 3. The van der Waals surface area contributed by atoms with E-state index < -0.39 is 0 Å². The molecule has 3 heterocycles. The minimum absolute atomic E-state index is 0.161. The number of ether oxygens (including phenoxy) is 1. The van der Waals surface area contributed by atoms with Gasteiger partial charge in [0.05, 0.1) is 11.4 Å². The van der Waals surface area contributed by atoms with Gasteiger partial charge in [0, 0.05) is 23.0 Å². The van der Waals surface area contributed by atoms with E-state index in [1.54, 1.807) is 12.1 Å². The third-order valence-corrected chi connectivity index (χ3v) is 4.47. The molecule has 144 valence electrons. The van der Waals surface area contributed by atoms with Gasteiger partial charge in [-0.3, -0.25) is 4.79 Å². The average Bonchev–Trinajstić information content (AvgIpc) is 2.72. The molecule has 0 spiro atoms. The fourth-order valence-corrected chi connectivity index (χ4v) is 3.28. The Balaban J connectivity index is 2.02. The maximum Gasteiger partial charge on any atom is 0.251 e. The van der Waals surface area contributed by atoms with E-state index in [1.807, 2.05) is 43.3 Å². The largest absolute Gasteiger partial charge is 0.484 e. The molecule has 0 amide bonds. The second kappa shape index (κ2) is 7.85. The van der Waals surface area contributed by atoms with Gasteiger partial charge in [0.15, 0.2) is 16.9 Å². The predicted molar refractivity (Wildman–Crippen MR) is 114 cm³/mol. The molecule has 0 aliphatic heterocycles. The summed E-state index contributed by atoms with van der Waals surface area (Å²) >= 11 is 6.17. The first-order valence-corrected chi connectivity index (χ1v) is 9.31. The predicted octanol–water partition coefficient (Wildman–Crippen LogP) is 4.57. The molecule has 0 saturated carbocycles. The summed E-state index contributed by atoms with van der Waals surface area (Å²) in [5.74, 6) is 0.161. The molecule has 6 nitrogen and oxygen atoms in total. The fraction of sp³-hybridized carbons (Fsp3) is 0.0909. The molecule has 0 aliphatic rings. The van der Waals surface area contributed by atoms with Crippen molar-refractivity contribution >= 4 is 22.8 Å². The number of benzene rings is 1. The van der Waals surface area contributed by atoms with Crippen LogP contribution in [-0.4, -0.2) is 26.5 Å². The van der Waals surface area contributed by atoms with Gasteiger partial charge in [-0.15, -0.1) is 0 Å². The first-order valence-electron chi connectivity index (χ1n) is 8.94. The van der Waals surface area contributed by atoms with Crippen LogP contribution in [-0.2, 0) is 0 Å². The molecule has 1 aromatic carbocycles. The number of hydrogen-bond acceptors (Lipinski definition) is 5. The summed E-state index contributed by atoms with van der Waals surface area (Å²) in [5.41, 5.74) is 3.74. The maximum absolute atomic E-state index is 12.9. The summed E-state index contributed by atoms with van der Waals surface area (Å²) in [6, 6.07) is 13.2. The van der Waals surface area contributed by atoms with E-state index in [2.05, 4.69) is 21.5 Å². The highest BCUT2D eigenvalue weighted by Crippen LogP contribution is 2.31. The number of aromatic amines is 1. The lowest BCUT2D eigenvalue weighted by Crippen LogP contribution is -2.12. The summed E-state index contributed by atoms with van der Waals surface area (Å²) < 4.78 is 5.43. The van der Waals surface area contributed by atoms with Crippen molar-refractivity contribution in [2.75, 3.05) is 6.61 Å². The fourth-order valence-electron chi connectivity index (χ4n) is 3.03. The van der Waals surface area contributed by atoms with Gasteiger partial charge in [-0.1, -0.05) is 54.6 Å². The molecule has 4 aromatic rings. The molecule has 0 fully saturated rings. The Kier molecular flexibility index (Phi) is 5.10. The zero-order chi connectivity index (χ0) is 20.4. The minimum Gasteiger partial charge on any atom is -0.484 e. The molecule has 7 heteroatoms. The average molecular weight is 405 g/mol. The van der Waals surface area contributed by atoms with Crippen molar-refractivity contribution in [3.63, 3.8) is 0 Å². The molecule has 3 aromatic heterocycles. The van der Waals surface area contributed by atoms with E-state index in [4.69, 9.17) is 21.3 Å². The lowest BCUT2D eigenvalue weighted by atomic mass is 10.0. The zero-order valence-corrected chi connectivity index (χ0v) is 16.4. The number of H-pyrrole nitrogens is 1. The van der Waals surface area contributed by atoms with Gasteiger partial charge >= 0.3 is 0 Å². The lowest BCUT2D eigenvalue weighted by molar-refractivity contribution is 0.359. The van der Waals surface area contributed by atoms with Gasteiger partial charge in [0.2, 0.25) is 0 Å². The van der Waals surface area contributed by atoms with Gasteiger partial charge in [-0.05, 0) is 19.1 Å². The molecular weight excluding hydrogens is 388 g/mol. The Hall–Kier alpha value is -3.51. The summed E-state index contributed by atoms with van der Waals surface area (Å²) in [6.45, 7) is 5.67. The maximum atomic E-state index is 12.9. The Labute approximate surface area is 171 Å². The second-order valence-electron chi connectivity index (χ2n) is 6.39. The van der Waals surface area contributed by atoms with Crippen LogP contribution in [0.3, 0.4) is 0 Å². The van der Waals surface area contributed by atoms with E-state index >= 15 is 0 Å². The van der Waals surface area contributed by atoms with Crippen molar-refractivity contribution < 1.29 is 4.74 Å². The van der Waals surface area contributed by atoms with Crippen molar-refractivity contribution in [3.05, 3.63) is 82.4 Å². The summed E-state index contributed by atoms with van der Waals surface area (Å²) in [7, 11) is 0. The Morgan fingerprint density at radius 1 is 1.10 bits per heavy atom. The molecule has 29 heavy (non-hydrogen) atoms. The molecule has 0 unspecified atom stereocenters. The minimum atomic E-state index is -0.342. The standard InChI is InChI=1S/C22H17ClN4O2/c1-3-9-29-16-12-24-22-20(21(16)28)26-19(15-10-13(2)25-17(23)11-15)18(27-22)14-7-5-4-6-8-14/h3-8,10-12H,1,9H2,2H3,(H,24,27,28). The molecule has 0 radical (unpaired) electrons. The van der Waals surface area contributed by atoms with Crippen molar-refractivity contribution in [2.24, 2.45) is 0 Å². The van der Waals surface area contributed by atoms with Crippen LogP contribution in [0.2, 0.25) is 5.15 Å². The van der Waals surface area contributed by atoms with Crippen LogP contribution in [0.1, 0.15) is 5.69 Å². The molecule has 0 bridgehead atoms. The number of hydrogen-bond donors (Lipinski definition) is 1. The van der Waals surface area contributed by atoms with Crippen LogP contribution >= 0.6 is 11.6 Å². The normalized spacial score (nSPS) is 10.8. The van der Waals surface area contributed by atoms with E-state index in [0.717, 1.165) is 16.8 Å². The number of fused-ring (bicyclic) bond motifs is 1. The number of aryl methyl sites for hydroxylation is 1. The van der Waals surface area contributed by atoms with Crippen LogP contribution in [0, 0.1) is 6.92 Å². The number of aromatic nitrogens is 4. The SMILES string of the molecule is C=CCOc1c[nH]c2nc(-c3ccccc3)c(-c3cc(C)nc(Cl)c3)nc2c1=O. The van der Waals surface area contributed by atoms with E-state index in [9.17, 15) is 4.79 Å². The molecule has 0 saturated heterocycles. The van der Waals surface area contributed by atoms with Crippen molar-refractivity contribution in [1.29, 1.82) is 0 Å². The Morgan fingerprint density at radius 3 is 2.59 bits per heavy atom. The second-order valence-corrected chi connectivity index (χ2v) is 6.77. The summed E-state index contributed by atoms with van der Waals surface area (Å²) in [5, 5.41) is 0.345. The van der Waals surface area contributed by atoms with Crippen molar-refractivity contribution in [2.45, 2.75) is 6.92 Å². The third-order valence-electron chi connectivity index (χ3n) is 4.27. The highest BCUT2D eigenvalue weighted by Gasteiger charge is 2.17. The summed E-state index contributed by atoms with van der Waals surface area (Å²) in [4.78, 5) is 29.5. The van der Waals surface area contributed by atoms with Gasteiger partial charge < -0.3 is 9.72 Å². The molecular formula is C22H17ClN4O2. The van der Waals surface area contributed by atoms with Gasteiger partial charge in [0.25, 0.3) is 5.43 Å². The highest BCUT2D eigenvalue weighted by molar-refractivity contribution is 6.29. The molecule has 0 atom stereocenters. The van der Waals surface area contributed by atoms with E-state index in [-0.39, 0.29) is 23.3 Å². The van der Waals surface area contributed by atoms with Crippen molar-refractivity contribution in [1.82, 2.24) is 19.9 Å². The first kappa shape index (κ1) is 18.8. The van der Waals surface area contributed by atoms with Crippen LogP contribution in [0.5, 0.6) is 5.75 Å². The van der Waals surface area contributed by atoms with E-state index in [0.29, 0.717) is 22.2 Å². The van der Waals surface area contributed by atoms with Crippen molar-refractivity contribution in [3.8, 4) is 28.3 Å². The molecule has 4 rings (SSSR count). The molecule has 0 aliphatic carbocycles. The van der Waals surface area contributed by atoms with Gasteiger partial charge in [-0.25, -0.2) is 15.0 Å². The number of rotatable bonds is 5. The van der Waals surface area contributed by atoms with Gasteiger partial charge in [-0.2, -0.15) is 0 Å². The smallest absolute Gasteiger partial charge is 0.251 e. The third kappa shape index (κ3) is 3.75. The zero-order valence-electron chi connectivity index (χ0n) is 15.6. The van der Waals surface area contributed by atoms with Gasteiger partial charge in [0.1, 0.15) is 11.8 Å². The Morgan fingerprint density at radius 2 is 1.86 bits per heavy atom. The number of pyridine rings is 2. The quantitative estimate of drug-likeness (QED) is 0.389. The number of nitrogens with one attached hydrogen (secondary N) is 1. The highest BCUT2D eigenvalue weighted by atomic mass is 35.5. The van der Waals surface area contributed by atoms with Crippen LogP contribution in [0.4, 0.5) is 0 Å². The number of halogens is 1. The first-order chi connectivity index (χ1) is 14.1. The van der Waals surface area contributed by atoms with E-state index in [1.165, 1.54) is 6.20 Å². The van der Waals surface area contributed by atoms with Crippen LogP contribution < -0.4 is 10.2 Å². The monoisotopic (exact) mass is 404 g/mol. The molecule has 1 N–H and O–H groups in total. The summed E-state index contributed by atoms with van der Waals surface area (Å²) in [6.07, 6.45) is 3.06. The lowest BCUT2D eigenvalue weighted by Gasteiger charge is -2.12. The topological polar surface area (TPSA) is 80.8 Å². The Bertz CT molecular complexity index is 1250. The van der Waals surface area contributed by atoms with Crippen LogP contribution in [0.25, 0.3) is 33.7 Å². The van der Waals surface area contributed by atoms with Crippen LogP contribution in [0.15, 0.2) is 66.1 Å².